The minimum Gasteiger partial charge on any atom is -0.495 e. The van der Waals surface area contributed by atoms with Gasteiger partial charge in [-0.1, -0.05) is 35.0 Å². The van der Waals surface area contributed by atoms with Crippen molar-refractivity contribution in [1.29, 1.82) is 0 Å². The van der Waals surface area contributed by atoms with Crippen LogP contribution >= 0.6 is 35.0 Å². The number of hydrogen-bond acceptors (Lipinski definition) is 9. The molecule has 0 aliphatic carbocycles. The molecule has 4 rings (SSSR count). The van der Waals surface area contributed by atoms with Gasteiger partial charge in [0.25, 0.3) is 0 Å². The topological polar surface area (TPSA) is 81.6 Å². The van der Waals surface area contributed by atoms with Crippen molar-refractivity contribution in [3.63, 3.8) is 0 Å². The first-order valence-corrected chi connectivity index (χ1v) is 13.8. The molecule has 0 bridgehead atoms. The summed E-state index contributed by atoms with van der Waals surface area (Å²) < 4.78 is 16.4. The summed E-state index contributed by atoms with van der Waals surface area (Å²) in [7, 11) is 4.89. The van der Waals surface area contributed by atoms with E-state index in [1.165, 1.54) is 11.8 Å². The number of thioether (sulfide) groups is 1. The first-order chi connectivity index (χ1) is 17.5. The van der Waals surface area contributed by atoms with Crippen molar-refractivity contribution < 1.29 is 14.2 Å². The zero-order chi connectivity index (χ0) is 25.7. The third kappa shape index (κ3) is 5.92. The number of aromatic nitrogens is 3. The molecule has 1 aromatic carbocycles. The highest BCUT2D eigenvalue weighted by molar-refractivity contribution is 7.98. The Bertz CT molecular complexity index is 1190. The lowest BCUT2D eigenvalue weighted by atomic mass is 10.1. The predicted octanol–water partition coefficient (Wildman–Crippen LogP) is 5.65. The molecule has 1 unspecified atom stereocenters. The first-order valence-electron chi connectivity index (χ1n) is 11.8. The normalized spacial score (nSPS) is 16.0. The molecule has 3 aromatic rings. The SMILES string of the molecule is COc1cc(OC)c(Cl)c(-c2cc3cnc(SC)nc3c(NCCCCN3CCC(OC)C3)n2)c1Cl. The van der Waals surface area contributed by atoms with Crippen molar-refractivity contribution in [2.45, 2.75) is 30.5 Å². The first kappa shape index (κ1) is 27.0. The largest absolute Gasteiger partial charge is 0.495 e. The van der Waals surface area contributed by atoms with Crippen LogP contribution in [-0.2, 0) is 4.74 Å². The Labute approximate surface area is 226 Å². The number of halogens is 2. The van der Waals surface area contributed by atoms with Crippen molar-refractivity contribution in [2.24, 2.45) is 0 Å². The maximum absolute atomic E-state index is 6.68. The van der Waals surface area contributed by atoms with E-state index in [9.17, 15) is 0 Å². The molecule has 1 saturated heterocycles. The average Bonchev–Trinajstić information content (AvgIpc) is 3.36. The van der Waals surface area contributed by atoms with Crippen molar-refractivity contribution in [3.8, 4) is 22.8 Å². The van der Waals surface area contributed by atoms with E-state index in [0.29, 0.717) is 49.9 Å². The van der Waals surface area contributed by atoms with Gasteiger partial charge in [-0.25, -0.2) is 15.0 Å². The van der Waals surface area contributed by atoms with Crippen LogP contribution in [0, 0.1) is 0 Å². The number of benzene rings is 1. The zero-order valence-corrected chi connectivity index (χ0v) is 23.3. The highest BCUT2D eigenvalue weighted by Crippen LogP contribution is 2.46. The lowest BCUT2D eigenvalue weighted by Crippen LogP contribution is -2.24. The number of nitrogens with zero attached hydrogens (tertiary/aromatic N) is 4. The van der Waals surface area contributed by atoms with Crippen molar-refractivity contribution in [3.05, 3.63) is 28.4 Å². The molecule has 8 nitrogen and oxygen atoms in total. The fourth-order valence-electron chi connectivity index (χ4n) is 4.34. The minimum absolute atomic E-state index is 0.362. The second kappa shape index (κ2) is 12.5. The fraction of sp³-hybridized carbons (Fsp3) is 0.480. The Morgan fingerprint density at radius 1 is 1.08 bits per heavy atom. The predicted molar refractivity (Wildman–Crippen MR) is 147 cm³/mol. The van der Waals surface area contributed by atoms with E-state index >= 15 is 0 Å². The molecule has 1 N–H and O–H groups in total. The lowest BCUT2D eigenvalue weighted by Gasteiger charge is -2.17. The molecule has 0 saturated carbocycles. The van der Waals surface area contributed by atoms with Crippen molar-refractivity contribution >= 4 is 51.7 Å². The van der Waals surface area contributed by atoms with Crippen LogP contribution in [0.25, 0.3) is 22.2 Å². The minimum atomic E-state index is 0.362. The van der Waals surface area contributed by atoms with E-state index in [1.807, 2.05) is 12.3 Å². The molecular weight excluding hydrogens is 521 g/mol. The third-order valence-corrected chi connectivity index (χ3v) is 7.62. The molecule has 1 aliphatic heterocycles. The van der Waals surface area contributed by atoms with Crippen LogP contribution in [0.2, 0.25) is 10.0 Å². The van der Waals surface area contributed by atoms with Crippen molar-refractivity contribution in [1.82, 2.24) is 19.9 Å². The van der Waals surface area contributed by atoms with Gasteiger partial charge in [-0.3, -0.25) is 0 Å². The van der Waals surface area contributed by atoms with E-state index in [4.69, 9.17) is 47.4 Å². The molecule has 0 radical (unpaired) electrons. The van der Waals surface area contributed by atoms with E-state index in [-0.39, 0.29) is 0 Å². The van der Waals surface area contributed by atoms with Gasteiger partial charge >= 0.3 is 0 Å². The van der Waals surface area contributed by atoms with Gasteiger partial charge in [-0.2, -0.15) is 0 Å². The van der Waals surface area contributed by atoms with Gasteiger partial charge in [-0.05, 0) is 38.1 Å². The highest BCUT2D eigenvalue weighted by Gasteiger charge is 2.22. The van der Waals surface area contributed by atoms with Gasteiger partial charge in [0.2, 0.25) is 0 Å². The van der Waals surface area contributed by atoms with Gasteiger partial charge in [0.15, 0.2) is 11.0 Å². The maximum atomic E-state index is 6.68. The van der Waals surface area contributed by atoms with E-state index in [1.54, 1.807) is 33.6 Å². The van der Waals surface area contributed by atoms with Crippen LogP contribution < -0.4 is 14.8 Å². The van der Waals surface area contributed by atoms with Crippen LogP contribution in [0.3, 0.4) is 0 Å². The maximum Gasteiger partial charge on any atom is 0.187 e. The Kier molecular flexibility index (Phi) is 9.35. The number of likely N-dealkylation sites (tertiary alicyclic amines) is 1. The van der Waals surface area contributed by atoms with Crippen LogP contribution in [0.1, 0.15) is 19.3 Å². The summed E-state index contributed by atoms with van der Waals surface area (Å²) in [5, 5.41) is 5.73. The quantitative estimate of drug-likeness (QED) is 0.184. The summed E-state index contributed by atoms with van der Waals surface area (Å²) in [6.07, 6.45) is 7.29. The number of ether oxygens (including phenoxy) is 3. The van der Waals surface area contributed by atoms with Crippen LogP contribution in [0.5, 0.6) is 11.5 Å². The van der Waals surface area contributed by atoms with Crippen LogP contribution in [0.15, 0.2) is 23.5 Å². The molecule has 3 heterocycles. The van der Waals surface area contributed by atoms with Crippen LogP contribution in [0.4, 0.5) is 5.82 Å². The Morgan fingerprint density at radius 3 is 2.47 bits per heavy atom. The highest BCUT2D eigenvalue weighted by atomic mass is 35.5. The lowest BCUT2D eigenvalue weighted by molar-refractivity contribution is 0.108. The second-order valence-corrected chi connectivity index (χ2v) is 10.0. The third-order valence-electron chi connectivity index (χ3n) is 6.31. The summed E-state index contributed by atoms with van der Waals surface area (Å²) >= 11 is 14.9. The molecule has 0 spiro atoms. The van der Waals surface area contributed by atoms with E-state index in [0.717, 1.165) is 56.3 Å². The Morgan fingerprint density at radius 2 is 1.83 bits per heavy atom. The Hall–Kier alpha value is -2.04. The van der Waals surface area contributed by atoms with E-state index < -0.39 is 0 Å². The Balaban J connectivity index is 1.60. The molecule has 1 atom stereocenters. The molecule has 194 valence electrons. The summed E-state index contributed by atoms with van der Waals surface area (Å²) in [4.78, 5) is 16.5. The van der Waals surface area contributed by atoms with Gasteiger partial charge in [0, 0.05) is 50.0 Å². The van der Waals surface area contributed by atoms with Gasteiger partial charge in [-0.15, -0.1) is 0 Å². The number of unbranched alkanes of at least 4 members (excludes halogenated alkanes) is 1. The number of rotatable bonds is 11. The van der Waals surface area contributed by atoms with Crippen LogP contribution in [-0.4, -0.2) is 79.7 Å². The summed E-state index contributed by atoms with van der Waals surface area (Å²) in [6.45, 7) is 3.93. The number of fused-ring (bicyclic) bond motifs is 1. The monoisotopic (exact) mass is 551 g/mol. The number of nitrogens with one attached hydrogen (secondary N) is 1. The number of methoxy groups -OCH3 is 3. The summed E-state index contributed by atoms with van der Waals surface area (Å²) in [6, 6.07) is 3.55. The number of pyridine rings is 1. The molecular formula is C25H31Cl2N5O3S. The molecule has 0 amide bonds. The van der Waals surface area contributed by atoms with E-state index in [2.05, 4.69) is 15.2 Å². The smallest absolute Gasteiger partial charge is 0.187 e. The second-order valence-electron chi connectivity index (χ2n) is 8.52. The van der Waals surface area contributed by atoms with Crippen molar-refractivity contribution in [2.75, 3.05) is 59.1 Å². The zero-order valence-electron chi connectivity index (χ0n) is 20.9. The van der Waals surface area contributed by atoms with Gasteiger partial charge in [0.05, 0.1) is 36.1 Å². The fourth-order valence-corrected chi connectivity index (χ4v) is 5.38. The number of hydrogen-bond donors (Lipinski definition) is 1. The summed E-state index contributed by atoms with van der Waals surface area (Å²) in [5.74, 6) is 1.57. The molecule has 36 heavy (non-hydrogen) atoms. The van der Waals surface area contributed by atoms with Gasteiger partial charge in [0.1, 0.15) is 17.0 Å². The summed E-state index contributed by atoms with van der Waals surface area (Å²) in [5.41, 5.74) is 1.87. The molecule has 11 heteroatoms. The molecule has 1 fully saturated rings. The molecule has 2 aromatic heterocycles. The van der Waals surface area contributed by atoms with Gasteiger partial charge < -0.3 is 24.4 Å². The molecule has 1 aliphatic rings. The average molecular weight is 553 g/mol. The standard InChI is InChI=1S/C25H31Cl2N5O3S/c1-33-16-7-10-32(14-16)9-6-5-8-28-24-23-15(13-29-25(31-23)36-4)11-17(30-24)20-21(26)18(34-2)12-19(35-3)22(20)27/h11-13,16H,5-10,14H2,1-4H3,(H,28,30). The number of anilines is 1.